The van der Waals surface area contributed by atoms with Crippen LogP contribution in [0, 0.1) is 6.92 Å². The van der Waals surface area contributed by atoms with Gasteiger partial charge in [0.05, 0.1) is 18.0 Å². The maximum Gasteiger partial charge on any atom is 0.349 e. The molecule has 1 N–H and O–H groups in total. The van der Waals surface area contributed by atoms with Crippen LogP contribution in [-0.4, -0.2) is 26.2 Å². The second-order valence-corrected chi connectivity index (χ2v) is 8.41. The molecule has 4 rings (SSSR count). The third-order valence-electron chi connectivity index (χ3n) is 5.17. The van der Waals surface area contributed by atoms with E-state index in [1.807, 2.05) is 49.4 Å². The van der Waals surface area contributed by atoms with E-state index < -0.39 is 0 Å². The van der Waals surface area contributed by atoms with Gasteiger partial charge in [0, 0.05) is 23.1 Å². The van der Waals surface area contributed by atoms with Gasteiger partial charge in [-0.1, -0.05) is 35.5 Å². The summed E-state index contributed by atoms with van der Waals surface area (Å²) in [4.78, 5) is 33.9. The van der Waals surface area contributed by atoms with E-state index in [1.165, 1.54) is 11.8 Å². The number of carbonyl (C=O) groups is 1. The average Bonchev–Trinajstić information content (AvgIpc) is 2.77. The summed E-state index contributed by atoms with van der Waals surface area (Å²) in [6.07, 6.45) is 5.59. The maximum absolute atomic E-state index is 12.8. The van der Waals surface area contributed by atoms with Crippen LogP contribution in [0.25, 0.3) is 0 Å². The molecule has 2 heterocycles. The number of hydrogen-bond acceptors (Lipinski definition) is 5. The van der Waals surface area contributed by atoms with E-state index in [2.05, 4.69) is 15.3 Å². The number of thioether (sulfide) groups is 1. The summed E-state index contributed by atoms with van der Waals surface area (Å²) in [5.74, 6) is 0.115. The lowest BCUT2D eigenvalue weighted by Gasteiger charge is -2.22. The molecule has 30 heavy (non-hydrogen) atoms. The Kier molecular flexibility index (Phi) is 6.28. The summed E-state index contributed by atoms with van der Waals surface area (Å²) < 4.78 is 1.74. The molecule has 0 atom stereocenters. The number of nitrogens with zero attached hydrogens (tertiary/aromatic N) is 3. The number of amides is 1. The minimum Gasteiger partial charge on any atom is -0.325 e. The number of carbonyl (C=O) groups excluding carboxylic acids is 1. The number of aryl methyl sites for hydroxylation is 1. The van der Waals surface area contributed by atoms with Crippen molar-refractivity contribution in [1.82, 2.24) is 14.5 Å². The molecule has 3 aromatic rings. The van der Waals surface area contributed by atoms with Crippen LogP contribution in [0.5, 0.6) is 0 Å². The standard InChI is InChI=1S/C23H24N4O2S/c1-16-9-11-17(12-10-16)25-21(28)15-30-22-19-7-2-3-8-20(19)27(23(29)26-22)14-18-6-4-5-13-24-18/h4-6,9-13H,2-3,7-8,14-15H2,1H3,(H,25,28). The number of fused-ring (bicyclic) bond motifs is 1. The van der Waals surface area contributed by atoms with Gasteiger partial charge >= 0.3 is 5.69 Å². The van der Waals surface area contributed by atoms with Crippen LogP contribution in [-0.2, 0) is 24.2 Å². The quantitative estimate of drug-likeness (QED) is 0.487. The molecule has 0 saturated carbocycles. The van der Waals surface area contributed by atoms with Crippen molar-refractivity contribution in [3.8, 4) is 0 Å². The molecule has 0 fully saturated rings. The molecule has 7 heteroatoms. The Morgan fingerprint density at radius 2 is 1.93 bits per heavy atom. The van der Waals surface area contributed by atoms with Gasteiger partial charge in [-0.05, 0) is 56.9 Å². The number of nitrogens with one attached hydrogen (secondary N) is 1. The van der Waals surface area contributed by atoms with Crippen LogP contribution >= 0.6 is 11.8 Å². The molecule has 6 nitrogen and oxygen atoms in total. The zero-order chi connectivity index (χ0) is 20.9. The fourth-order valence-electron chi connectivity index (χ4n) is 3.65. The highest BCUT2D eigenvalue weighted by atomic mass is 32.2. The zero-order valence-corrected chi connectivity index (χ0v) is 17.7. The van der Waals surface area contributed by atoms with Crippen LogP contribution in [0.3, 0.4) is 0 Å². The first-order valence-electron chi connectivity index (χ1n) is 10.1. The molecule has 1 aromatic carbocycles. The zero-order valence-electron chi connectivity index (χ0n) is 16.9. The molecule has 0 bridgehead atoms. The molecule has 0 saturated heterocycles. The minimum atomic E-state index is -0.275. The summed E-state index contributed by atoms with van der Waals surface area (Å²) >= 11 is 1.34. The minimum absolute atomic E-state index is 0.104. The Morgan fingerprint density at radius 3 is 2.70 bits per heavy atom. The highest BCUT2D eigenvalue weighted by Crippen LogP contribution is 2.28. The van der Waals surface area contributed by atoms with Crippen molar-refractivity contribution in [2.75, 3.05) is 11.1 Å². The van der Waals surface area contributed by atoms with E-state index in [-0.39, 0.29) is 17.3 Å². The molecule has 1 amide bonds. The predicted molar refractivity (Wildman–Crippen MR) is 119 cm³/mol. The first kappa shape index (κ1) is 20.3. The summed E-state index contributed by atoms with van der Waals surface area (Å²) in [5, 5.41) is 3.59. The Labute approximate surface area is 179 Å². The molecule has 0 spiro atoms. The fraction of sp³-hybridized carbons (Fsp3) is 0.304. The van der Waals surface area contributed by atoms with E-state index >= 15 is 0 Å². The van der Waals surface area contributed by atoms with Crippen LogP contribution in [0.1, 0.15) is 35.4 Å². The van der Waals surface area contributed by atoms with Gasteiger partial charge in [-0.15, -0.1) is 0 Å². The first-order chi connectivity index (χ1) is 14.6. The van der Waals surface area contributed by atoms with Gasteiger partial charge in [0.1, 0.15) is 5.03 Å². The third kappa shape index (κ3) is 4.79. The number of hydrogen-bond donors (Lipinski definition) is 1. The topological polar surface area (TPSA) is 76.9 Å². The van der Waals surface area contributed by atoms with Crippen molar-refractivity contribution < 1.29 is 4.79 Å². The fourth-order valence-corrected chi connectivity index (χ4v) is 4.53. The van der Waals surface area contributed by atoms with Crippen molar-refractivity contribution in [3.05, 3.63) is 81.7 Å². The van der Waals surface area contributed by atoms with Gasteiger partial charge in [0.25, 0.3) is 0 Å². The van der Waals surface area contributed by atoms with E-state index in [0.717, 1.165) is 53.9 Å². The largest absolute Gasteiger partial charge is 0.349 e. The molecular weight excluding hydrogens is 396 g/mol. The highest BCUT2D eigenvalue weighted by molar-refractivity contribution is 8.00. The summed E-state index contributed by atoms with van der Waals surface area (Å²) in [7, 11) is 0. The van der Waals surface area contributed by atoms with E-state index in [9.17, 15) is 9.59 Å². The highest BCUT2D eigenvalue weighted by Gasteiger charge is 2.21. The molecule has 2 aromatic heterocycles. The van der Waals surface area contributed by atoms with Crippen molar-refractivity contribution in [3.63, 3.8) is 0 Å². The first-order valence-corrected chi connectivity index (χ1v) is 11.1. The van der Waals surface area contributed by atoms with E-state index in [1.54, 1.807) is 10.8 Å². The molecule has 0 aliphatic heterocycles. The van der Waals surface area contributed by atoms with Crippen molar-refractivity contribution in [2.45, 2.75) is 44.2 Å². The molecule has 1 aliphatic rings. The van der Waals surface area contributed by atoms with Gasteiger partial charge in [-0.3, -0.25) is 14.3 Å². The summed E-state index contributed by atoms with van der Waals surface area (Å²) in [6.45, 7) is 2.43. The summed E-state index contributed by atoms with van der Waals surface area (Å²) in [5.41, 5.74) is 4.62. The summed E-state index contributed by atoms with van der Waals surface area (Å²) in [6, 6.07) is 13.4. The second kappa shape index (κ2) is 9.26. The molecule has 1 aliphatic carbocycles. The van der Waals surface area contributed by atoms with E-state index in [4.69, 9.17) is 0 Å². The number of rotatable bonds is 6. The van der Waals surface area contributed by atoms with Crippen molar-refractivity contribution in [2.24, 2.45) is 0 Å². The third-order valence-corrected chi connectivity index (χ3v) is 6.19. The monoisotopic (exact) mass is 420 g/mol. The lowest BCUT2D eigenvalue weighted by atomic mass is 9.97. The maximum atomic E-state index is 12.8. The SMILES string of the molecule is Cc1ccc(NC(=O)CSc2nc(=O)n(Cc3ccccn3)c3c2CCCC3)cc1. The lowest BCUT2D eigenvalue weighted by molar-refractivity contribution is -0.113. The molecule has 0 radical (unpaired) electrons. The molecule has 154 valence electrons. The van der Waals surface area contributed by atoms with Crippen LogP contribution in [0.4, 0.5) is 5.69 Å². The average molecular weight is 421 g/mol. The van der Waals surface area contributed by atoms with Gasteiger partial charge < -0.3 is 5.32 Å². The number of benzene rings is 1. The van der Waals surface area contributed by atoms with Crippen LogP contribution in [0.2, 0.25) is 0 Å². The molecule has 0 unspecified atom stereocenters. The van der Waals surface area contributed by atoms with Gasteiger partial charge in [0.15, 0.2) is 0 Å². The van der Waals surface area contributed by atoms with Crippen molar-refractivity contribution >= 4 is 23.4 Å². The Bertz CT molecular complexity index is 1090. The lowest BCUT2D eigenvalue weighted by Crippen LogP contribution is -2.31. The van der Waals surface area contributed by atoms with Crippen LogP contribution < -0.4 is 11.0 Å². The molecular formula is C23H24N4O2S. The number of anilines is 1. The van der Waals surface area contributed by atoms with Gasteiger partial charge in [0.2, 0.25) is 5.91 Å². The smallest absolute Gasteiger partial charge is 0.325 e. The predicted octanol–water partition coefficient (Wildman–Crippen LogP) is 3.60. The number of pyridine rings is 1. The van der Waals surface area contributed by atoms with Crippen LogP contribution in [0.15, 0.2) is 58.5 Å². The number of aromatic nitrogens is 3. The van der Waals surface area contributed by atoms with Crippen molar-refractivity contribution in [1.29, 1.82) is 0 Å². The second-order valence-electron chi connectivity index (χ2n) is 7.44. The van der Waals surface area contributed by atoms with Gasteiger partial charge in [-0.25, -0.2) is 4.79 Å². The Morgan fingerprint density at radius 1 is 1.13 bits per heavy atom. The normalized spacial score (nSPS) is 13.0. The Hall–Kier alpha value is -2.93. The Balaban J connectivity index is 1.52. The van der Waals surface area contributed by atoms with E-state index in [0.29, 0.717) is 11.6 Å². The van der Waals surface area contributed by atoms with Gasteiger partial charge in [-0.2, -0.15) is 4.98 Å².